The van der Waals surface area contributed by atoms with Crippen molar-refractivity contribution in [1.82, 2.24) is 15.3 Å². The van der Waals surface area contributed by atoms with Crippen LogP contribution in [0.4, 0.5) is 0 Å². The summed E-state index contributed by atoms with van der Waals surface area (Å²) in [4.78, 5) is 20.6. The van der Waals surface area contributed by atoms with E-state index in [1.807, 2.05) is 30.3 Å². The monoisotopic (exact) mass is 267 g/mol. The van der Waals surface area contributed by atoms with Crippen LogP contribution in [0.15, 0.2) is 42.9 Å². The minimum Gasteiger partial charge on any atom is -0.349 e. The van der Waals surface area contributed by atoms with E-state index in [4.69, 9.17) is 0 Å². The average molecular weight is 267 g/mol. The first-order valence-electron chi connectivity index (χ1n) is 6.92. The SMILES string of the molecule is CC(NC(=O)c1cncnc1-c1ccccc1)C1CC1. The average Bonchev–Trinajstić information content (AvgIpc) is 3.33. The first-order valence-corrected chi connectivity index (χ1v) is 6.92. The number of nitrogens with one attached hydrogen (secondary N) is 1. The number of rotatable bonds is 4. The van der Waals surface area contributed by atoms with Crippen molar-refractivity contribution >= 4 is 5.91 Å². The Bertz CT molecular complexity index is 608. The molecule has 1 saturated carbocycles. The minimum absolute atomic E-state index is 0.0937. The van der Waals surface area contributed by atoms with Crippen molar-refractivity contribution in [3.05, 3.63) is 48.4 Å². The van der Waals surface area contributed by atoms with Crippen LogP contribution in [0.25, 0.3) is 11.3 Å². The van der Waals surface area contributed by atoms with Gasteiger partial charge in [0.2, 0.25) is 0 Å². The van der Waals surface area contributed by atoms with E-state index >= 15 is 0 Å². The van der Waals surface area contributed by atoms with Gasteiger partial charge in [0.1, 0.15) is 6.33 Å². The molecule has 1 atom stereocenters. The number of carbonyl (C=O) groups is 1. The Morgan fingerprint density at radius 2 is 2.05 bits per heavy atom. The highest BCUT2D eigenvalue weighted by atomic mass is 16.1. The number of carbonyl (C=O) groups excluding carboxylic acids is 1. The van der Waals surface area contributed by atoms with Gasteiger partial charge in [-0.25, -0.2) is 9.97 Å². The molecule has 0 aliphatic heterocycles. The highest BCUT2D eigenvalue weighted by molar-refractivity contribution is 5.99. The summed E-state index contributed by atoms with van der Waals surface area (Å²) in [7, 11) is 0. The van der Waals surface area contributed by atoms with Crippen molar-refractivity contribution in [3.63, 3.8) is 0 Å². The van der Waals surface area contributed by atoms with Gasteiger partial charge in [-0.2, -0.15) is 0 Å². The third-order valence-corrected chi connectivity index (χ3v) is 3.69. The molecular weight excluding hydrogens is 250 g/mol. The molecule has 1 aliphatic carbocycles. The predicted octanol–water partition coefficient (Wildman–Crippen LogP) is 2.67. The molecule has 102 valence electrons. The molecule has 1 aromatic heterocycles. The summed E-state index contributed by atoms with van der Waals surface area (Å²) in [5.74, 6) is 0.535. The summed E-state index contributed by atoms with van der Waals surface area (Å²) in [6.45, 7) is 2.06. The zero-order valence-electron chi connectivity index (χ0n) is 11.4. The number of aromatic nitrogens is 2. The molecule has 1 fully saturated rings. The highest BCUT2D eigenvalue weighted by Gasteiger charge is 2.29. The van der Waals surface area contributed by atoms with Gasteiger partial charge in [0.05, 0.1) is 11.3 Å². The third kappa shape index (κ3) is 2.69. The van der Waals surface area contributed by atoms with E-state index in [1.165, 1.54) is 19.2 Å². The largest absolute Gasteiger partial charge is 0.349 e. The van der Waals surface area contributed by atoms with Crippen molar-refractivity contribution in [2.75, 3.05) is 0 Å². The Labute approximate surface area is 118 Å². The summed E-state index contributed by atoms with van der Waals surface area (Å²) in [6.07, 6.45) is 5.48. The lowest BCUT2D eigenvalue weighted by atomic mass is 10.1. The van der Waals surface area contributed by atoms with Gasteiger partial charge in [0, 0.05) is 17.8 Å². The van der Waals surface area contributed by atoms with Gasteiger partial charge in [-0.15, -0.1) is 0 Å². The summed E-state index contributed by atoms with van der Waals surface area (Å²) >= 11 is 0. The zero-order valence-corrected chi connectivity index (χ0v) is 11.4. The smallest absolute Gasteiger partial charge is 0.255 e. The molecule has 1 N–H and O–H groups in total. The van der Waals surface area contributed by atoms with E-state index < -0.39 is 0 Å². The van der Waals surface area contributed by atoms with Gasteiger partial charge in [-0.3, -0.25) is 4.79 Å². The molecule has 3 rings (SSSR count). The maximum absolute atomic E-state index is 12.4. The van der Waals surface area contributed by atoms with Crippen LogP contribution < -0.4 is 5.32 Å². The molecule has 1 heterocycles. The topological polar surface area (TPSA) is 54.9 Å². The normalized spacial score (nSPS) is 15.7. The number of benzene rings is 1. The van der Waals surface area contributed by atoms with Crippen LogP contribution in [0, 0.1) is 5.92 Å². The van der Waals surface area contributed by atoms with Crippen LogP contribution in [0.1, 0.15) is 30.1 Å². The second-order valence-electron chi connectivity index (χ2n) is 5.25. The fraction of sp³-hybridized carbons (Fsp3) is 0.312. The summed E-state index contributed by atoms with van der Waals surface area (Å²) in [5.41, 5.74) is 2.14. The fourth-order valence-electron chi connectivity index (χ4n) is 2.32. The van der Waals surface area contributed by atoms with Crippen LogP contribution >= 0.6 is 0 Å². The second-order valence-corrected chi connectivity index (χ2v) is 5.25. The van der Waals surface area contributed by atoms with Crippen LogP contribution in [0.5, 0.6) is 0 Å². The lowest BCUT2D eigenvalue weighted by Crippen LogP contribution is -2.34. The van der Waals surface area contributed by atoms with Crippen LogP contribution in [-0.4, -0.2) is 21.9 Å². The summed E-state index contributed by atoms with van der Waals surface area (Å²) in [6, 6.07) is 9.93. The Kier molecular flexibility index (Phi) is 3.46. The second kappa shape index (κ2) is 5.41. The molecule has 1 amide bonds. The predicted molar refractivity (Wildman–Crippen MR) is 77.1 cm³/mol. The fourth-order valence-corrected chi connectivity index (χ4v) is 2.32. The third-order valence-electron chi connectivity index (χ3n) is 3.69. The Balaban J connectivity index is 1.87. The van der Waals surface area contributed by atoms with Crippen molar-refractivity contribution in [3.8, 4) is 11.3 Å². The Morgan fingerprint density at radius 3 is 2.75 bits per heavy atom. The maximum atomic E-state index is 12.4. The molecule has 4 nitrogen and oxygen atoms in total. The van der Waals surface area contributed by atoms with Gasteiger partial charge in [0.25, 0.3) is 5.91 Å². The molecule has 0 radical (unpaired) electrons. The van der Waals surface area contributed by atoms with E-state index in [9.17, 15) is 4.79 Å². The van der Waals surface area contributed by atoms with Crippen LogP contribution in [-0.2, 0) is 0 Å². The lowest BCUT2D eigenvalue weighted by Gasteiger charge is -2.14. The van der Waals surface area contributed by atoms with E-state index in [1.54, 1.807) is 6.20 Å². The summed E-state index contributed by atoms with van der Waals surface area (Å²) < 4.78 is 0. The highest BCUT2D eigenvalue weighted by Crippen LogP contribution is 2.32. The van der Waals surface area contributed by atoms with Gasteiger partial charge in [0.15, 0.2) is 0 Å². The molecule has 0 spiro atoms. The number of amides is 1. The van der Waals surface area contributed by atoms with Crippen molar-refractivity contribution < 1.29 is 4.79 Å². The molecule has 1 aliphatic rings. The molecule has 0 saturated heterocycles. The molecule has 0 bridgehead atoms. The molecule has 1 aromatic carbocycles. The van der Waals surface area contributed by atoms with E-state index in [0.29, 0.717) is 17.2 Å². The Morgan fingerprint density at radius 1 is 1.30 bits per heavy atom. The maximum Gasteiger partial charge on any atom is 0.255 e. The molecular formula is C16H17N3O. The number of hydrogen-bond acceptors (Lipinski definition) is 3. The van der Waals surface area contributed by atoms with Gasteiger partial charge in [-0.05, 0) is 25.7 Å². The van der Waals surface area contributed by atoms with E-state index in [2.05, 4.69) is 22.2 Å². The Hall–Kier alpha value is -2.23. The molecule has 2 aromatic rings. The lowest BCUT2D eigenvalue weighted by molar-refractivity contribution is 0.0936. The van der Waals surface area contributed by atoms with Gasteiger partial charge >= 0.3 is 0 Å². The van der Waals surface area contributed by atoms with Gasteiger partial charge in [-0.1, -0.05) is 30.3 Å². The quantitative estimate of drug-likeness (QED) is 0.926. The summed E-state index contributed by atoms with van der Waals surface area (Å²) in [5, 5.41) is 3.05. The zero-order chi connectivity index (χ0) is 13.9. The van der Waals surface area contributed by atoms with Crippen LogP contribution in [0.2, 0.25) is 0 Å². The molecule has 1 unspecified atom stereocenters. The van der Waals surface area contributed by atoms with Crippen molar-refractivity contribution in [2.45, 2.75) is 25.8 Å². The standard InChI is InChI=1S/C16H17N3O/c1-11(12-7-8-12)19-16(20)14-9-17-10-18-15(14)13-5-3-2-4-6-13/h2-6,9-12H,7-8H2,1H3,(H,19,20). The van der Waals surface area contributed by atoms with E-state index in [0.717, 1.165) is 5.56 Å². The van der Waals surface area contributed by atoms with Crippen molar-refractivity contribution in [1.29, 1.82) is 0 Å². The van der Waals surface area contributed by atoms with Crippen LogP contribution in [0.3, 0.4) is 0 Å². The first kappa shape index (κ1) is 12.8. The molecule has 4 heteroatoms. The molecule has 20 heavy (non-hydrogen) atoms. The minimum atomic E-state index is -0.0937. The number of nitrogens with zero attached hydrogens (tertiary/aromatic N) is 2. The van der Waals surface area contributed by atoms with Gasteiger partial charge < -0.3 is 5.32 Å². The van der Waals surface area contributed by atoms with Crippen molar-refractivity contribution in [2.24, 2.45) is 5.92 Å². The first-order chi connectivity index (χ1) is 9.75. The number of hydrogen-bond donors (Lipinski definition) is 1. The van der Waals surface area contributed by atoms with E-state index in [-0.39, 0.29) is 11.9 Å².